The van der Waals surface area contributed by atoms with Gasteiger partial charge in [0.25, 0.3) is 0 Å². The van der Waals surface area contributed by atoms with Crippen molar-refractivity contribution in [3.63, 3.8) is 0 Å². The van der Waals surface area contributed by atoms with E-state index in [2.05, 4.69) is 16.8 Å². The Labute approximate surface area is 77.7 Å². The lowest BCUT2D eigenvalue weighted by molar-refractivity contribution is 0.145. The van der Waals surface area contributed by atoms with Gasteiger partial charge in [-0.05, 0) is 0 Å². The molecule has 0 atom stereocenters. The Morgan fingerprint density at radius 1 is 1.62 bits per heavy atom. The van der Waals surface area contributed by atoms with E-state index in [0.717, 1.165) is 11.5 Å². The molecular formula is C10H10N2O. The fraction of sp³-hybridized carbons (Fsp3) is 0.300. The van der Waals surface area contributed by atoms with Gasteiger partial charge in [0.15, 0.2) is 0 Å². The Bertz CT molecular complexity index is 365. The van der Waals surface area contributed by atoms with E-state index in [1.165, 1.54) is 0 Å². The zero-order valence-electron chi connectivity index (χ0n) is 7.45. The van der Waals surface area contributed by atoms with Crippen LogP contribution in [0.15, 0.2) is 6.20 Å². The molecule has 0 bridgehead atoms. The third-order valence-electron chi connectivity index (χ3n) is 1.65. The molecule has 0 saturated heterocycles. The van der Waals surface area contributed by atoms with Gasteiger partial charge in [-0.25, -0.2) is 4.98 Å². The molecule has 1 aromatic rings. The van der Waals surface area contributed by atoms with Crippen molar-refractivity contribution in [3.8, 4) is 24.7 Å². The summed E-state index contributed by atoms with van der Waals surface area (Å²) < 4.78 is 6.92. The first-order valence-electron chi connectivity index (χ1n) is 3.78. The molecule has 66 valence electrons. The van der Waals surface area contributed by atoms with Crippen LogP contribution in [0.4, 0.5) is 0 Å². The second-order valence-corrected chi connectivity index (χ2v) is 2.46. The number of aromatic nitrogens is 2. The molecule has 1 heterocycles. The molecular weight excluding hydrogens is 164 g/mol. The van der Waals surface area contributed by atoms with Gasteiger partial charge in [0.1, 0.15) is 24.7 Å². The highest BCUT2D eigenvalue weighted by molar-refractivity contribution is 5.23. The number of terminal acetylenes is 2. The van der Waals surface area contributed by atoms with Crippen molar-refractivity contribution >= 4 is 0 Å². The molecule has 1 rings (SSSR count). The van der Waals surface area contributed by atoms with Gasteiger partial charge in [-0.2, -0.15) is 0 Å². The van der Waals surface area contributed by atoms with Gasteiger partial charge in [-0.1, -0.05) is 11.8 Å². The van der Waals surface area contributed by atoms with Crippen molar-refractivity contribution in [2.24, 2.45) is 7.05 Å². The number of ether oxygens (including phenoxy) is 1. The molecule has 0 aromatic carbocycles. The first kappa shape index (κ1) is 9.38. The van der Waals surface area contributed by atoms with Gasteiger partial charge in [0, 0.05) is 7.05 Å². The van der Waals surface area contributed by atoms with Crippen LogP contribution < -0.4 is 0 Å². The Balaban J connectivity index is 2.64. The Morgan fingerprint density at radius 2 is 2.38 bits per heavy atom. The smallest absolute Gasteiger partial charge is 0.135 e. The topological polar surface area (TPSA) is 27.1 Å². The molecule has 0 fully saturated rings. The van der Waals surface area contributed by atoms with Crippen LogP contribution >= 0.6 is 0 Å². The van der Waals surface area contributed by atoms with E-state index in [9.17, 15) is 0 Å². The predicted octanol–water partition coefficient (Wildman–Crippen LogP) is 0.551. The Morgan fingerprint density at radius 3 is 2.92 bits per heavy atom. The molecule has 3 heteroatoms. The molecule has 1 aromatic heterocycles. The third kappa shape index (κ3) is 2.11. The van der Waals surface area contributed by atoms with Gasteiger partial charge >= 0.3 is 0 Å². The Hall–Kier alpha value is -1.71. The van der Waals surface area contributed by atoms with Gasteiger partial charge in [0.2, 0.25) is 0 Å². The molecule has 0 aliphatic carbocycles. The minimum absolute atomic E-state index is 0.290. The van der Waals surface area contributed by atoms with Crippen molar-refractivity contribution < 1.29 is 4.74 Å². The lowest BCUT2D eigenvalue weighted by Crippen LogP contribution is -2.02. The second kappa shape index (κ2) is 4.35. The molecule has 0 radical (unpaired) electrons. The fourth-order valence-corrected chi connectivity index (χ4v) is 0.917. The van der Waals surface area contributed by atoms with Crippen LogP contribution in [0.2, 0.25) is 0 Å². The average molecular weight is 174 g/mol. The maximum atomic E-state index is 5.23. The SMILES string of the molecule is C#CCOCc1ncc(C#C)n1C. The molecule has 0 unspecified atom stereocenters. The van der Waals surface area contributed by atoms with E-state index >= 15 is 0 Å². The van der Waals surface area contributed by atoms with Crippen LogP contribution in [0.3, 0.4) is 0 Å². The molecule has 0 aliphatic heterocycles. The molecule has 0 aliphatic rings. The van der Waals surface area contributed by atoms with E-state index in [4.69, 9.17) is 17.6 Å². The molecule has 0 amide bonds. The first-order valence-corrected chi connectivity index (χ1v) is 3.78. The van der Waals surface area contributed by atoms with Crippen LogP contribution in [0.5, 0.6) is 0 Å². The lowest BCUT2D eigenvalue weighted by Gasteiger charge is -2.01. The number of rotatable bonds is 3. The maximum Gasteiger partial charge on any atom is 0.135 e. The average Bonchev–Trinajstić information content (AvgIpc) is 2.48. The van der Waals surface area contributed by atoms with Crippen LogP contribution in [0.25, 0.3) is 0 Å². The summed E-state index contributed by atoms with van der Waals surface area (Å²) in [6.07, 6.45) is 11.9. The second-order valence-electron chi connectivity index (χ2n) is 2.46. The summed E-state index contributed by atoms with van der Waals surface area (Å²) in [5.74, 6) is 5.67. The van der Waals surface area contributed by atoms with Crippen LogP contribution in [0, 0.1) is 24.7 Å². The van der Waals surface area contributed by atoms with E-state index < -0.39 is 0 Å². The van der Waals surface area contributed by atoms with Crippen molar-refractivity contribution in [2.45, 2.75) is 6.61 Å². The normalized spacial score (nSPS) is 9.15. The van der Waals surface area contributed by atoms with Gasteiger partial charge in [-0.15, -0.1) is 12.8 Å². The molecule has 0 spiro atoms. The van der Waals surface area contributed by atoms with Gasteiger partial charge < -0.3 is 9.30 Å². The number of imidazole rings is 1. The van der Waals surface area contributed by atoms with Crippen molar-refractivity contribution in [3.05, 3.63) is 17.7 Å². The summed E-state index contributed by atoms with van der Waals surface area (Å²) in [6, 6.07) is 0. The molecule has 3 nitrogen and oxygen atoms in total. The number of hydrogen-bond acceptors (Lipinski definition) is 2. The molecule has 0 saturated carbocycles. The monoisotopic (exact) mass is 174 g/mol. The van der Waals surface area contributed by atoms with Crippen molar-refractivity contribution in [2.75, 3.05) is 6.61 Å². The van der Waals surface area contributed by atoms with Crippen LogP contribution in [-0.2, 0) is 18.4 Å². The summed E-state index contributed by atoms with van der Waals surface area (Å²) in [6.45, 7) is 0.681. The molecule has 0 N–H and O–H groups in total. The summed E-state index contributed by atoms with van der Waals surface area (Å²) in [5.41, 5.74) is 0.735. The lowest BCUT2D eigenvalue weighted by atomic mass is 10.5. The van der Waals surface area contributed by atoms with Crippen molar-refractivity contribution in [1.29, 1.82) is 0 Å². The van der Waals surface area contributed by atoms with Gasteiger partial charge in [0.05, 0.1) is 6.20 Å². The number of nitrogens with zero attached hydrogens (tertiary/aromatic N) is 2. The van der Waals surface area contributed by atoms with E-state index in [1.807, 2.05) is 7.05 Å². The standard InChI is InChI=1S/C10H10N2O/c1-4-6-13-8-10-11-7-9(5-2)12(10)3/h1-2,7H,6,8H2,3H3. The summed E-state index contributed by atoms with van der Waals surface area (Å²) in [7, 11) is 1.84. The quantitative estimate of drug-likeness (QED) is 0.494. The van der Waals surface area contributed by atoms with Gasteiger partial charge in [-0.3, -0.25) is 0 Å². The predicted molar refractivity (Wildman–Crippen MR) is 49.6 cm³/mol. The zero-order valence-corrected chi connectivity index (χ0v) is 7.45. The highest BCUT2D eigenvalue weighted by Gasteiger charge is 2.03. The zero-order chi connectivity index (χ0) is 9.68. The highest BCUT2D eigenvalue weighted by atomic mass is 16.5. The van der Waals surface area contributed by atoms with E-state index in [-0.39, 0.29) is 6.61 Å². The van der Waals surface area contributed by atoms with Crippen LogP contribution in [0.1, 0.15) is 11.5 Å². The minimum Gasteiger partial charge on any atom is -0.361 e. The number of hydrogen-bond donors (Lipinski definition) is 0. The highest BCUT2D eigenvalue weighted by Crippen LogP contribution is 2.02. The summed E-state index contributed by atoms with van der Waals surface area (Å²) >= 11 is 0. The van der Waals surface area contributed by atoms with Crippen molar-refractivity contribution in [1.82, 2.24) is 9.55 Å². The van der Waals surface area contributed by atoms with E-state index in [1.54, 1.807) is 10.8 Å². The fourth-order valence-electron chi connectivity index (χ4n) is 0.917. The summed E-state index contributed by atoms with van der Waals surface area (Å²) in [4.78, 5) is 4.09. The Kier molecular flexibility index (Phi) is 3.14. The third-order valence-corrected chi connectivity index (χ3v) is 1.65. The molecule has 13 heavy (non-hydrogen) atoms. The maximum absolute atomic E-state index is 5.23. The summed E-state index contributed by atoms with van der Waals surface area (Å²) in [5, 5.41) is 0. The largest absolute Gasteiger partial charge is 0.361 e. The minimum atomic E-state index is 0.290. The first-order chi connectivity index (χ1) is 6.29. The van der Waals surface area contributed by atoms with E-state index in [0.29, 0.717) is 6.61 Å². The van der Waals surface area contributed by atoms with Crippen LogP contribution in [-0.4, -0.2) is 16.2 Å².